The smallest absolute Gasteiger partial charge is 0.344 e. The molecule has 1 saturated carbocycles. The Morgan fingerprint density at radius 3 is 2.58 bits per heavy atom. The van der Waals surface area contributed by atoms with Crippen LogP contribution in [0.25, 0.3) is 0 Å². The van der Waals surface area contributed by atoms with Crippen LogP contribution in [0.5, 0.6) is 5.75 Å². The number of ether oxygens (including phenoxy) is 1. The lowest BCUT2D eigenvalue weighted by Crippen LogP contribution is -2.26. The number of hydrogen-bond acceptors (Lipinski definition) is 4. The van der Waals surface area contributed by atoms with Gasteiger partial charge in [-0.1, -0.05) is 39.2 Å². The van der Waals surface area contributed by atoms with Gasteiger partial charge in [-0.05, 0) is 61.8 Å². The lowest BCUT2D eigenvalue weighted by Gasteiger charge is -2.24. The second-order valence-electron chi connectivity index (χ2n) is 8.91. The van der Waals surface area contributed by atoms with E-state index in [-0.39, 0.29) is 17.5 Å². The summed E-state index contributed by atoms with van der Waals surface area (Å²) in [6.45, 7) is 6.36. The summed E-state index contributed by atoms with van der Waals surface area (Å²) in [7, 11) is 0. The molecule has 0 saturated heterocycles. The molecule has 0 bridgehead atoms. The molecule has 3 N–H and O–H groups in total. The molecule has 0 spiro atoms. The number of nitrogens with zero attached hydrogens (tertiary/aromatic N) is 1. The molecule has 1 aromatic carbocycles. The van der Waals surface area contributed by atoms with E-state index in [1.165, 1.54) is 23.6 Å². The standard InChI is InChI=1S/C23H35FN4O3/c1-16(2)21(18-10-11-19(24)20(14-18)31-15-17-8-9-17)25-12-6-4-3-5-7-13-28-23(30)26-22(29)27-28/h10-11,14,16-17,21,25H,3-9,12-13,15H2,1-2H3,(H2,26,27,29,30)/t21-/m1/s1. The first-order valence-electron chi connectivity index (χ1n) is 11.5. The lowest BCUT2D eigenvalue weighted by atomic mass is 9.95. The first-order chi connectivity index (χ1) is 14.9. The molecule has 1 heterocycles. The number of halogens is 1. The topological polar surface area (TPSA) is 91.9 Å². The first kappa shape index (κ1) is 23.3. The van der Waals surface area contributed by atoms with Crippen LogP contribution >= 0.6 is 0 Å². The molecule has 1 aliphatic rings. The predicted octanol–water partition coefficient (Wildman–Crippen LogP) is 3.73. The molecule has 172 valence electrons. The molecule has 1 fully saturated rings. The SMILES string of the molecule is CC(C)[C@@H](NCCCCCCCn1[nH]c(=O)[nH]c1=O)c1ccc(F)c(OCC2CC2)c1. The third-order valence-corrected chi connectivity index (χ3v) is 5.78. The predicted molar refractivity (Wildman–Crippen MR) is 119 cm³/mol. The molecule has 1 aromatic heterocycles. The zero-order chi connectivity index (χ0) is 22.2. The van der Waals surface area contributed by atoms with Gasteiger partial charge in [0.15, 0.2) is 11.6 Å². The van der Waals surface area contributed by atoms with Crippen LogP contribution in [0.2, 0.25) is 0 Å². The second-order valence-corrected chi connectivity index (χ2v) is 8.91. The number of nitrogens with one attached hydrogen (secondary N) is 3. The van der Waals surface area contributed by atoms with Crippen LogP contribution in [0.3, 0.4) is 0 Å². The van der Waals surface area contributed by atoms with Gasteiger partial charge in [-0.25, -0.2) is 23.8 Å². The summed E-state index contributed by atoms with van der Waals surface area (Å²) in [4.78, 5) is 24.7. The van der Waals surface area contributed by atoms with Gasteiger partial charge in [0.25, 0.3) is 0 Å². The van der Waals surface area contributed by atoms with E-state index in [0.717, 1.165) is 44.2 Å². The summed E-state index contributed by atoms with van der Waals surface area (Å²) in [5.41, 5.74) is 0.225. The van der Waals surface area contributed by atoms with Crippen LogP contribution in [0.15, 0.2) is 27.8 Å². The van der Waals surface area contributed by atoms with Crippen molar-refractivity contribution in [1.29, 1.82) is 0 Å². The van der Waals surface area contributed by atoms with Crippen molar-refractivity contribution in [2.45, 2.75) is 71.4 Å². The Hall–Kier alpha value is -2.35. The Morgan fingerprint density at radius 2 is 1.90 bits per heavy atom. The summed E-state index contributed by atoms with van der Waals surface area (Å²) < 4.78 is 21.1. The van der Waals surface area contributed by atoms with Crippen molar-refractivity contribution in [1.82, 2.24) is 20.1 Å². The summed E-state index contributed by atoms with van der Waals surface area (Å²) in [6.07, 6.45) is 7.45. The van der Waals surface area contributed by atoms with Gasteiger partial charge in [-0.3, -0.25) is 4.98 Å². The fourth-order valence-electron chi connectivity index (χ4n) is 3.76. The number of aromatic amines is 2. The number of hydrogen-bond donors (Lipinski definition) is 3. The summed E-state index contributed by atoms with van der Waals surface area (Å²) >= 11 is 0. The molecule has 0 aliphatic heterocycles. The molecule has 8 heteroatoms. The molecule has 3 rings (SSSR count). The number of aryl methyl sites for hydroxylation is 1. The molecule has 0 unspecified atom stereocenters. The highest BCUT2D eigenvalue weighted by Crippen LogP contribution is 2.32. The lowest BCUT2D eigenvalue weighted by molar-refractivity contribution is 0.284. The van der Waals surface area contributed by atoms with Gasteiger partial charge in [0.1, 0.15) is 0 Å². The van der Waals surface area contributed by atoms with Crippen LogP contribution in [0.1, 0.15) is 70.4 Å². The highest BCUT2D eigenvalue weighted by atomic mass is 19.1. The summed E-state index contributed by atoms with van der Waals surface area (Å²) in [5.74, 6) is 1.04. The van der Waals surface area contributed by atoms with Gasteiger partial charge < -0.3 is 10.1 Å². The maximum atomic E-state index is 14.1. The van der Waals surface area contributed by atoms with Crippen LogP contribution < -0.4 is 21.4 Å². The minimum absolute atomic E-state index is 0.154. The van der Waals surface area contributed by atoms with Crippen molar-refractivity contribution in [2.24, 2.45) is 11.8 Å². The molecule has 31 heavy (non-hydrogen) atoms. The molecular formula is C23H35FN4O3. The molecule has 1 aliphatic carbocycles. The number of rotatable bonds is 14. The van der Waals surface area contributed by atoms with E-state index in [9.17, 15) is 14.0 Å². The van der Waals surface area contributed by atoms with E-state index in [0.29, 0.717) is 30.7 Å². The number of unbranched alkanes of at least 4 members (excludes halogenated alkanes) is 4. The van der Waals surface area contributed by atoms with E-state index in [1.807, 2.05) is 12.1 Å². The largest absolute Gasteiger partial charge is 0.490 e. The van der Waals surface area contributed by atoms with Crippen molar-refractivity contribution < 1.29 is 9.13 Å². The van der Waals surface area contributed by atoms with Gasteiger partial charge in [0.05, 0.1) is 6.61 Å². The molecule has 0 radical (unpaired) electrons. The fourth-order valence-corrected chi connectivity index (χ4v) is 3.76. The first-order valence-corrected chi connectivity index (χ1v) is 11.5. The minimum atomic E-state index is -0.460. The third-order valence-electron chi connectivity index (χ3n) is 5.78. The van der Waals surface area contributed by atoms with Gasteiger partial charge in [0, 0.05) is 12.6 Å². The Morgan fingerprint density at radius 1 is 1.16 bits per heavy atom. The quantitative estimate of drug-likeness (QED) is 0.395. The van der Waals surface area contributed by atoms with Crippen molar-refractivity contribution in [3.05, 3.63) is 50.5 Å². The van der Waals surface area contributed by atoms with Crippen molar-refractivity contribution in [2.75, 3.05) is 13.2 Å². The average molecular weight is 435 g/mol. The minimum Gasteiger partial charge on any atom is -0.490 e. The molecule has 1 atom stereocenters. The van der Waals surface area contributed by atoms with Crippen molar-refractivity contribution in [3.63, 3.8) is 0 Å². The Kier molecular flexibility index (Phi) is 8.51. The highest BCUT2D eigenvalue weighted by molar-refractivity contribution is 5.32. The van der Waals surface area contributed by atoms with Crippen molar-refractivity contribution >= 4 is 0 Å². The van der Waals surface area contributed by atoms with Crippen LogP contribution in [0, 0.1) is 17.7 Å². The number of aromatic nitrogens is 3. The fraction of sp³-hybridized carbons (Fsp3) is 0.652. The Bertz CT molecular complexity index is 929. The molecule has 2 aromatic rings. The highest BCUT2D eigenvalue weighted by Gasteiger charge is 2.23. The molecular weight excluding hydrogens is 399 g/mol. The molecule has 7 nitrogen and oxygen atoms in total. The van der Waals surface area contributed by atoms with Gasteiger partial charge >= 0.3 is 11.4 Å². The zero-order valence-corrected chi connectivity index (χ0v) is 18.6. The van der Waals surface area contributed by atoms with E-state index in [2.05, 4.69) is 29.2 Å². The number of H-pyrrole nitrogens is 2. The average Bonchev–Trinajstić information content (AvgIpc) is 3.50. The Labute approximate surface area is 182 Å². The Balaban J connectivity index is 1.37. The van der Waals surface area contributed by atoms with Crippen LogP contribution in [-0.4, -0.2) is 27.9 Å². The maximum absolute atomic E-state index is 14.1. The van der Waals surface area contributed by atoms with Crippen molar-refractivity contribution in [3.8, 4) is 5.75 Å². The normalized spacial score (nSPS) is 14.8. The van der Waals surface area contributed by atoms with Gasteiger partial charge in [0.2, 0.25) is 0 Å². The summed E-state index contributed by atoms with van der Waals surface area (Å²) in [5, 5.41) is 6.09. The van der Waals surface area contributed by atoms with E-state index >= 15 is 0 Å². The van der Waals surface area contributed by atoms with Gasteiger partial charge in [-0.2, -0.15) is 0 Å². The van der Waals surface area contributed by atoms with Gasteiger partial charge in [-0.15, -0.1) is 0 Å². The maximum Gasteiger partial charge on any atom is 0.344 e. The second kappa shape index (κ2) is 11.3. The van der Waals surface area contributed by atoms with E-state index < -0.39 is 5.69 Å². The third kappa shape index (κ3) is 7.38. The molecule has 0 amide bonds. The zero-order valence-electron chi connectivity index (χ0n) is 18.6. The van der Waals surface area contributed by atoms with Crippen LogP contribution in [0.4, 0.5) is 4.39 Å². The van der Waals surface area contributed by atoms with Crippen LogP contribution in [-0.2, 0) is 6.54 Å². The van der Waals surface area contributed by atoms with E-state index in [1.54, 1.807) is 0 Å². The summed E-state index contributed by atoms with van der Waals surface area (Å²) in [6, 6.07) is 5.37. The van der Waals surface area contributed by atoms with E-state index in [4.69, 9.17) is 4.74 Å². The number of benzene rings is 1. The monoisotopic (exact) mass is 434 g/mol.